The van der Waals surface area contributed by atoms with Crippen LogP contribution in [-0.2, 0) is 14.2 Å². The van der Waals surface area contributed by atoms with E-state index in [0.29, 0.717) is 25.4 Å². The number of piperidine rings is 1. The van der Waals surface area contributed by atoms with Crippen molar-refractivity contribution in [2.75, 3.05) is 33.5 Å². The highest BCUT2D eigenvalue weighted by molar-refractivity contribution is 14.1. The van der Waals surface area contributed by atoms with Crippen molar-refractivity contribution >= 4 is 73.7 Å². The van der Waals surface area contributed by atoms with Crippen molar-refractivity contribution in [2.45, 2.75) is 57.7 Å². The van der Waals surface area contributed by atoms with Crippen molar-refractivity contribution in [3.05, 3.63) is 28.4 Å². The smallest absolute Gasteiger partial charge is 0.339 e. The summed E-state index contributed by atoms with van der Waals surface area (Å²) < 4.78 is 20.0. The minimum Gasteiger partial charge on any atom is -0.460 e. The van der Waals surface area contributed by atoms with Gasteiger partial charge in [0.15, 0.2) is 0 Å². The molecular weight excluding hydrogens is 711 g/mol. The normalized spacial score (nSPS) is 19.3. The molecule has 5 nitrogen and oxygen atoms in total. The molecule has 0 N–H and O–H groups in total. The first-order chi connectivity index (χ1) is 13.4. The number of carbonyl (C=O) groups is 1. The average Bonchev–Trinajstić information content (AvgIpc) is 2.61. The van der Waals surface area contributed by atoms with E-state index in [9.17, 15) is 4.79 Å². The molecule has 0 atom stereocenters. The van der Waals surface area contributed by atoms with Gasteiger partial charge in [-0.1, -0.05) is 0 Å². The van der Waals surface area contributed by atoms with E-state index in [1.54, 1.807) is 0 Å². The molecule has 1 aliphatic heterocycles. The van der Waals surface area contributed by atoms with E-state index in [0.717, 1.165) is 23.6 Å². The van der Waals surface area contributed by atoms with Crippen LogP contribution in [0.1, 0.15) is 50.9 Å². The van der Waals surface area contributed by atoms with E-state index in [1.807, 2.05) is 12.1 Å². The Morgan fingerprint density at radius 1 is 1.03 bits per heavy atom. The summed E-state index contributed by atoms with van der Waals surface area (Å²) in [5.41, 5.74) is 0.843. The number of hydrogen-bond donors (Lipinski definition) is 0. The lowest BCUT2D eigenvalue weighted by molar-refractivity contribution is -0.100. The highest BCUT2D eigenvalue weighted by Crippen LogP contribution is 2.38. The second-order valence-electron chi connectivity index (χ2n) is 8.58. The molecular formula is C21H30I3NO4. The second-order valence-corrected chi connectivity index (χ2v) is 12.1. The maximum absolute atomic E-state index is 12.3. The first kappa shape index (κ1) is 26.0. The zero-order valence-corrected chi connectivity index (χ0v) is 24.2. The summed E-state index contributed by atoms with van der Waals surface area (Å²) in [6.07, 6.45) is 2.26. The van der Waals surface area contributed by atoms with E-state index < -0.39 is 0 Å². The number of rotatable bonds is 8. The molecule has 0 aliphatic carbocycles. The number of ether oxygens (including phenoxy) is 3. The van der Waals surface area contributed by atoms with E-state index in [1.165, 1.54) is 0 Å². The van der Waals surface area contributed by atoms with Crippen LogP contribution in [0.25, 0.3) is 0 Å². The van der Waals surface area contributed by atoms with Crippen LogP contribution in [0.5, 0.6) is 0 Å². The Morgan fingerprint density at radius 3 is 2.24 bits per heavy atom. The number of hydrogen-bond acceptors (Lipinski definition) is 5. The molecule has 1 aliphatic rings. The molecule has 1 aromatic carbocycles. The first-order valence-electron chi connectivity index (χ1n) is 9.69. The third kappa shape index (κ3) is 7.40. The fraction of sp³-hybridized carbons (Fsp3) is 0.667. The van der Waals surface area contributed by atoms with E-state index in [-0.39, 0.29) is 29.8 Å². The van der Waals surface area contributed by atoms with Gasteiger partial charge in [0.25, 0.3) is 0 Å². The molecule has 0 bridgehead atoms. The quantitative estimate of drug-likeness (QED) is 0.156. The van der Waals surface area contributed by atoms with Crippen molar-refractivity contribution in [3.63, 3.8) is 0 Å². The van der Waals surface area contributed by atoms with Gasteiger partial charge >= 0.3 is 5.97 Å². The summed E-state index contributed by atoms with van der Waals surface area (Å²) >= 11 is 6.62. The maximum atomic E-state index is 12.3. The molecule has 2 rings (SSSR count). The minimum absolute atomic E-state index is 0.117. The Balaban J connectivity index is 1.66. The molecule has 0 aromatic heterocycles. The van der Waals surface area contributed by atoms with Crippen molar-refractivity contribution in [1.82, 2.24) is 4.90 Å². The fourth-order valence-corrected chi connectivity index (χ4v) is 6.13. The van der Waals surface area contributed by atoms with Crippen LogP contribution in [0.15, 0.2) is 12.1 Å². The van der Waals surface area contributed by atoms with Gasteiger partial charge in [0.2, 0.25) is 0 Å². The summed E-state index contributed by atoms with van der Waals surface area (Å²) in [6, 6.07) is 3.89. The Labute approximate surface area is 215 Å². The average molecular weight is 741 g/mol. The molecule has 1 aromatic rings. The lowest BCUT2D eigenvalue weighted by Gasteiger charge is -2.53. The molecule has 1 saturated heterocycles. The third-order valence-corrected chi connectivity index (χ3v) is 9.19. The van der Waals surface area contributed by atoms with E-state index in [4.69, 9.17) is 14.2 Å². The summed E-state index contributed by atoms with van der Waals surface area (Å²) in [7, 11) is 2.19. The van der Waals surface area contributed by atoms with Crippen LogP contribution in [0.2, 0.25) is 0 Å². The highest BCUT2D eigenvalue weighted by Gasteiger charge is 2.43. The van der Waals surface area contributed by atoms with Gasteiger partial charge in [-0.2, -0.15) is 0 Å². The van der Waals surface area contributed by atoms with Crippen molar-refractivity contribution in [2.24, 2.45) is 0 Å². The van der Waals surface area contributed by atoms with Gasteiger partial charge in [-0.25, -0.2) is 4.79 Å². The van der Waals surface area contributed by atoms with Crippen molar-refractivity contribution < 1.29 is 19.0 Å². The summed E-state index contributed by atoms with van der Waals surface area (Å²) in [4.78, 5) is 14.7. The first-order valence-corrected chi connectivity index (χ1v) is 12.9. The zero-order chi connectivity index (χ0) is 21.8. The molecule has 1 fully saturated rings. The largest absolute Gasteiger partial charge is 0.460 e. The summed E-state index contributed by atoms with van der Waals surface area (Å²) in [5, 5.41) is 0. The lowest BCUT2D eigenvalue weighted by Crippen LogP contribution is -2.60. The topological polar surface area (TPSA) is 48.0 Å². The number of halogens is 3. The Hall–Kier alpha value is 0.760. The third-order valence-electron chi connectivity index (χ3n) is 5.53. The van der Waals surface area contributed by atoms with Gasteiger partial charge in [0.05, 0.1) is 31.5 Å². The molecule has 0 unspecified atom stereocenters. The number of likely N-dealkylation sites (tertiary alicyclic amines) is 1. The van der Waals surface area contributed by atoms with Gasteiger partial charge in [-0.15, -0.1) is 0 Å². The van der Waals surface area contributed by atoms with Crippen LogP contribution in [0, 0.1) is 10.7 Å². The Morgan fingerprint density at radius 2 is 1.62 bits per heavy atom. The molecule has 1 heterocycles. The zero-order valence-electron chi connectivity index (χ0n) is 17.7. The molecule has 0 radical (unpaired) electrons. The van der Waals surface area contributed by atoms with Gasteiger partial charge in [0.1, 0.15) is 6.61 Å². The van der Waals surface area contributed by atoms with E-state index in [2.05, 4.69) is 107 Å². The van der Waals surface area contributed by atoms with Crippen LogP contribution < -0.4 is 0 Å². The highest BCUT2D eigenvalue weighted by atomic mass is 127. The molecule has 0 saturated carbocycles. The van der Waals surface area contributed by atoms with Gasteiger partial charge in [-0.3, -0.25) is 4.90 Å². The Kier molecular flexibility index (Phi) is 9.92. The van der Waals surface area contributed by atoms with Crippen molar-refractivity contribution in [1.29, 1.82) is 0 Å². The van der Waals surface area contributed by atoms with Crippen LogP contribution in [0.3, 0.4) is 0 Å². The van der Waals surface area contributed by atoms with Crippen LogP contribution >= 0.6 is 67.8 Å². The summed E-state index contributed by atoms with van der Waals surface area (Å²) in [5.74, 6) is -0.304. The number of benzene rings is 1. The molecule has 0 spiro atoms. The van der Waals surface area contributed by atoms with Gasteiger partial charge in [0, 0.05) is 21.8 Å². The molecule has 8 heteroatoms. The molecule has 164 valence electrons. The van der Waals surface area contributed by atoms with E-state index >= 15 is 0 Å². The van der Waals surface area contributed by atoms with Gasteiger partial charge < -0.3 is 14.2 Å². The van der Waals surface area contributed by atoms with Gasteiger partial charge in [-0.05, 0) is 127 Å². The lowest BCUT2D eigenvalue weighted by atomic mass is 9.79. The van der Waals surface area contributed by atoms with Crippen molar-refractivity contribution in [3.8, 4) is 0 Å². The minimum atomic E-state index is -0.304. The molecule has 29 heavy (non-hydrogen) atoms. The molecule has 0 amide bonds. The standard InChI is InChI=1S/C21H30I3NO4/c1-20(2)12-15(13-21(3,4)25(20)5)28-8-6-27-7-9-29-19(26)16-10-14(22)11-17(23)18(16)24/h10-11,15H,6-9,12-13H2,1-5H3. The predicted octanol–water partition coefficient (Wildman–Crippen LogP) is 5.34. The number of esters is 1. The second kappa shape index (κ2) is 11.1. The Bertz CT molecular complexity index is 706. The van der Waals surface area contributed by atoms with Crippen LogP contribution in [0.4, 0.5) is 0 Å². The maximum Gasteiger partial charge on any atom is 0.339 e. The number of carbonyl (C=O) groups excluding carboxylic acids is 1. The predicted molar refractivity (Wildman–Crippen MR) is 141 cm³/mol. The number of nitrogens with zero attached hydrogens (tertiary/aromatic N) is 1. The monoisotopic (exact) mass is 741 g/mol. The SMILES string of the molecule is CN1C(C)(C)CC(OCCOCCOC(=O)c2cc(I)cc(I)c2I)CC1(C)C. The fourth-order valence-electron chi connectivity index (χ4n) is 3.75. The summed E-state index contributed by atoms with van der Waals surface area (Å²) in [6.45, 7) is 10.7. The van der Waals surface area contributed by atoms with Crippen LogP contribution in [-0.4, -0.2) is 61.5 Å².